The first kappa shape index (κ1) is 16.9. The molecule has 0 radical (unpaired) electrons. The van der Waals surface area contributed by atoms with Gasteiger partial charge >= 0.3 is 5.97 Å². The lowest BCUT2D eigenvalue weighted by atomic mass is 10.1. The topological polar surface area (TPSA) is 89.8 Å². The number of esters is 1. The Morgan fingerprint density at radius 1 is 1.35 bits per heavy atom. The minimum Gasteiger partial charge on any atom is -0.467 e. The van der Waals surface area contributed by atoms with Crippen molar-refractivity contribution in [2.75, 3.05) is 13.7 Å². The lowest BCUT2D eigenvalue weighted by molar-refractivity contribution is -0.419. The van der Waals surface area contributed by atoms with E-state index in [0.29, 0.717) is 19.4 Å². The van der Waals surface area contributed by atoms with Crippen molar-refractivity contribution in [1.29, 1.82) is 0 Å². The monoisotopic (exact) mass is 320 g/mol. The van der Waals surface area contributed by atoms with Gasteiger partial charge in [0.1, 0.15) is 6.04 Å². The maximum Gasteiger partial charge on any atom is 0.328 e. The molecule has 0 bridgehead atoms. The largest absolute Gasteiger partial charge is 0.467 e. The van der Waals surface area contributed by atoms with Crippen molar-refractivity contribution < 1.29 is 19.2 Å². The molecule has 1 aliphatic heterocycles. The summed E-state index contributed by atoms with van der Waals surface area (Å²) in [5.41, 5.74) is 0.115. The first-order valence-corrected chi connectivity index (χ1v) is 7.66. The number of hydrogen-bond donors (Lipinski definition) is 0. The number of amides is 1. The average molecular weight is 320 g/mol. The number of carbonyl (C=O) groups excluding carboxylic acids is 2. The van der Waals surface area contributed by atoms with Gasteiger partial charge in [0.25, 0.3) is 11.6 Å². The van der Waals surface area contributed by atoms with E-state index in [2.05, 4.69) is 0 Å². The SMILES string of the molecule is COC(=O)C1CCCCCN1C(=O)C1=CC([N+](=O)[O-])=CCC=C1. The Kier molecular flexibility index (Phi) is 5.67. The number of allylic oxidation sites excluding steroid dienone is 3. The Hall–Kier alpha value is -2.44. The van der Waals surface area contributed by atoms with Gasteiger partial charge in [0.05, 0.1) is 12.0 Å². The predicted octanol–water partition coefficient (Wildman–Crippen LogP) is 1.98. The van der Waals surface area contributed by atoms with Gasteiger partial charge in [0.2, 0.25) is 0 Å². The molecule has 0 aromatic carbocycles. The second-order valence-electron chi connectivity index (χ2n) is 5.51. The summed E-state index contributed by atoms with van der Waals surface area (Å²) in [5.74, 6) is -0.809. The molecule has 2 rings (SSSR count). The molecule has 1 saturated heterocycles. The van der Waals surface area contributed by atoms with Crippen LogP contribution in [0.4, 0.5) is 0 Å². The molecule has 1 heterocycles. The van der Waals surface area contributed by atoms with Gasteiger partial charge in [0.15, 0.2) is 0 Å². The molecule has 124 valence electrons. The third-order valence-electron chi connectivity index (χ3n) is 4.01. The van der Waals surface area contributed by atoms with E-state index in [1.807, 2.05) is 0 Å². The molecule has 0 spiro atoms. The molecule has 7 nitrogen and oxygen atoms in total. The van der Waals surface area contributed by atoms with Gasteiger partial charge in [-0.1, -0.05) is 25.0 Å². The molecular weight excluding hydrogens is 300 g/mol. The fraction of sp³-hybridized carbons (Fsp3) is 0.500. The third kappa shape index (κ3) is 4.06. The molecule has 0 N–H and O–H groups in total. The Morgan fingerprint density at radius 3 is 2.83 bits per heavy atom. The third-order valence-corrected chi connectivity index (χ3v) is 4.01. The highest BCUT2D eigenvalue weighted by Crippen LogP contribution is 2.22. The standard InChI is InChI=1S/C16H20N2O5/c1-23-16(20)14-9-3-2-6-10-17(14)15(19)12-7-4-5-8-13(11-12)18(21)22/h4,7-8,11,14H,2-3,5-6,9-10H2,1H3. The van der Waals surface area contributed by atoms with E-state index in [0.717, 1.165) is 19.3 Å². The van der Waals surface area contributed by atoms with Gasteiger partial charge in [-0.25, -0.2) is 4.79 Å². The molecule has 2 aliphatic rings. The van der Waals surface area contributed by atoms with Crippen LogP contribution in [-0.4, -0.2) is 41.4 Å². The smallest absolute Gasteiger partial charge is 0.328 e. The number of likely N-dealkylation sites (tertiary alicyclic amines) is 1. The second kappa shape index (κ2) is 7.71. The van der Waals surface area contributed by atoms with Crippen LogP contribution in [0, 0.1) is 10.1 Å². The highest BCUT2D eigenvalue weighted by molar-refractivity contribution is 5.99. The minimum atomic E-state index is -0.629. The Bertz CT molecular complexity index is 591. The Balaban J connectivity index is 2.29. The van der Waals surface area contributed by atoms with E-state index in [4.69, 9.17) is 4.74 Å². The number of rotatable bonds is 3. The number of methoxy groups -OCH3 is 1. The van der Waals surface area contributed by atoms with Crippen LogP contribution < -0.4 is 0 Å². The molecule has 1 aliphatic carbocycles. The van der Waals surface area contributed by atoms with Crippen molar-refractivity contribution in [2.45, 2.75) is 38.1 Å². The average Bonchev–Trinajstić information content (AvgIpc) is 2.94. The summed E-state index contributed by atoms with van der Waals surface area (Å²) in [6, 6.07) is -0.629. The van der Waals surface area contributed by atoms with Crippen molar-refractivity contribution in [2.24, 2.45) is 0 Å². The van der Waals surface area contributed by atoms with E-state index >= 15 is 0 Å². The van der Waals surface area contributed by atoms with Crippen LogP contribution in [0.3, 0.4) is 0 Å². The molecule has 1 atom stereocenters. The van der Waals surface area contributed by atoms with E-state index in [1.165, 1.54) is 24.2 Å². The first-order valence-electron chi connectivity index (χ1n) is 7.66. The zero-order valence-electron chi connectivity index (χ0n) is 13.1. The summed E-state index contributed by atoms with van der Waals surface area (Å²) in [6.45, 7) is 0.446. The van der Waals surface area contributed by atoms with Gasteiger partial charge in [-0.05, 0) is 25.3 Å². The van der Waals surface area contributed by atoms with Crippen LogP contribution in [0.15, 0.2) is 35.6 Å². The second-order valence-corrected chi connectivity index (χ2v) is 5.51. The van der Waals surface area contributed by atoms with Crippen molar-refractivity contribution in [1.82, 2.24) is 4.90 Å². The van der Waals surface area contributed by atoms with Crippen LogP contribution in [0.2, 0.25) is 0 Å². The van der Waals surface area contributed by atoms with Crippen LogP contribution in [0.25, 0.3) is 0 Å². The predicted molar refractivity (Wildman–Crippen MR) is 82.9 cm³/mol. The van der Waals surface area contributed by atoms with Gasteiger partial charge in [0, 0.05) is 18.2 Å². The molecule has 0 saturated carbocycles. The van der Waals surface area contributed by atoms with Crippen molar-refractivity contribution in [3.63, 3.8) is 0 Å². The molecular formula is C16H20N2O5. The van der Waals surface area contributed by atoms with Crippen LogP contribution in [-0.2, 0) is 14.3 Å². The van der Waals surface area contributed by atoms with E-state index in [-0.39, 0.29) is 17.2 Å². The van der Waals surface area contributed by atoms with Gasteiger partial charge in [-0.15, -0.1) is 0 Å². The fourth-order valence-corrected chi connectivity index (χ4v) is 2.81. The fourth-order valence-electron chi connectivity index (χ4n) is 2.81. The number of nitrogens with zero attached hydrogens (tertiary/aromatic N) is 2. The summed E-state index contributed by atoms with van der Waals surface area (Å²) in [5, 5.41) is 11.0. The molecule has 23 heavy (non-hydrogen) atoms. The Morgan fingerprint density at radius 2 is 2.13 bits per heavy atom. The van der Waals surface area contributed by atoms with Gasteiger partial charge < -0.3 is 9.64 Å². The van der Waals surface area contributed by atoms with E-state index in [9.17, 15) is 19.7 Å². The quantitative estimate of drug-likeness (QED) is 0.450. The van der Waals surface area contributed by atoms with Crippen LogP contribution in [0.1, 0.15) is 32.1 Å². The van der Waals surface area contributed by atoms with E-state index < -0.39 is 16.9 Å². The summed E-state index contributed by atoms with van der Waals surface area (Å²) in [6.07, 6.45) is 9.53. The highest BCUT2D eigenvalue weighted by atomic mass is 16.6. The molecule has 7 heteroatoms. The first-order chi connectivity index (χ1) is 11.0. The maximum atomic E-state index is 12.8. The molecule has 1 amide bonds. The van der Waals surface area contributed by atoms with Gasteiger partial charge in [-0.3, -0.25) is 14.9 Å². The number of hydrogen-bond acceptors (Lipinski definition) is 5. The highest BCUT2D eigenvalue weighted by Gasteiger charge is 2.33. The summed E-state index contributed by atoms with van der Waals surface area (Å²) in [4.78, 5) is 36.8. The Labute approximate surface area is 134 Å². The van der Waals surface area contributed by atoms with Crippen LogP contribution in [0.5, 0.6) is 0 Å². The lowest BCUT2D eigenvalue weighted by Gasteiger charge is -2.28. The van der Waals surface area contributed by atoms with Crippen molar-refractivity contribution in [3.8, 4) is 0 Å². The van der Waals surface area contributed by atoms with Crippen molar-refractivity contribution in [3.05, 3.63) is 45.7 Å². The number of nitro groups is 1. The molecule has 0 aromatic heterocycles. The zero-order valence-corrected chi connectivity index (χ0v) is 13.1. The lowest BCUT2D eigenvalue weighted by Crippen LogP contribution is -2.45. The zero-order chi connectivity index (χ0) is 16.8. The maximum absolute atomic E-state index is 12.8. The summed E-state index contributed by atoms with van der Waals surface area (Å²) in [7, 11) is 1.30. The number of carbonyl (C=O) groups is 2. The van der Waals surface area contributed by atoms with Crippen LogP contribution >= 0.6 is 0 Å². The minimum absolute atomic E-state index is 0.109. The summed E-state index contributed by atoms with van der Waals surface area (Å²) >= 11 is 0. The van der Waals surface area contributed by atoms with Crippen molar-refractivity contribution >= 4 is 11.9 Å². The normalized spacial score (nSPS) is 21.6. The molecule has 1 fully saturated rings. The van der Waals surface area contributed by atoms with E-state index in [1.54, 1.807) is 12.2 Å². The van der Waals surface area contributed by atoms with Gasteiger partial charge in [-0.2, -0.15) is 0 Å². The summed E-state index contributed by atoms with van der Waals surface area (Å²) < 4.78 is 4.81. The number of ether oxygens (including phenoxy) is 1. The molecule has 1 unspecified atom stereocenters. The molecule has 0 aromatic rings.